The van der Waals surface area contributed by atoms with Crippen LogP contribution < -0.4 is 0 Å². The van der Waals surface area contributed by atoms with Crippen molar-refractivity contribution in [3.63, 3.8) is 0 Å². The van der Waals surface area contributed by atoms with Gasteiger partial charge in [-0.25, -0.2) is 0 Å². The second-order valence-corrected chi connectivity index (χ2v) is 0.957. The van der Waals surface area contributed by atoms with Crippen LogP contribution in [0.3, 0.4) is 0 Å². The Hall–Kier alpha value is 0.634. The van der Waals surface area contributed by atoms with Crippen LogP contribution in [0.5, 0.6) is 0 Å². The fourth-order valence-corrected chi connectivity index (χ4v) is 0. The molecule has 0 N–H and O–H groups in total. The van der Waals surface area contributed by atoms with E-state index in [2.05, 4.69) is 0 Å². The van der Waals surface area contributed by atoms with Crippen LogP contribution >= 0.6 is 0 Å². The summed E-state index contributed by atoms with van der Waals surface area (Å²) in [6.07, 6.45) is 0. The van der Waals surface area contributed by atoms with Crippen molar-refractivity contribution in [2.45, 2.75) is 0 Å². The van der Waals surface area contributed by atoms with Crippen molar-refractivity contribution < 1.29 is 36.0 Å². The zero-order chi connectivity index (χ0) is 3.58. The van der Waals surface area contributed by atoms with E-state index >= 15 is 0 Å². The predicted octanol–water partition coefficient (Wildman–Crippen LogP) is -0.356. The summed E-state index contributed by atoms with van der Waals surface area (Å²) in [6, 6.07) is 0. The summed E-state index contributed by atoms with van der Waals surface area (Å²) in [5.74, 6) is 0. The zero-order valence-electron chi connectivity index (χ0n) is 1.48. The van der Waals surface area contributed by atoms with E-state index in [0.717, 1.165) is 0 Å². The molecule has 4 heteroatoms. The molecule has 0 rings (SSSR count). The van der Waals surface area contributed by atoms with E-state index in [1.54, 1.807) is 0 Å². The zero-order valence-corrected chi connectivity index (χ0v) is 3.14. The molecule has 3 nitrogen and oxygen atoms in total. The van der Waals surface area contributed by atoms with Crippen LogP contribution in [0.1, 0.15) is 0 Å². The van der Waals surface area contributed by atoms with Gasteiger partial charge in [-0.05, 0) is 0 Å². The monoisotopic (exact) mass is 223 g/mol. The second kappa shape index (κ2) is 1.91. The van der Waals surface area contributed by atoms with Gasteiger partial charge in [0.25, 0.3) is 0 Å². The van der Waals surface area contributed by atoms with Crippen molar-refractivity contribution >= 4 is 0 Å². The Labute approximate surface area is 35.8 Å². The van der Waals surface area contributed by atoms with Crippen LogP contribution in [0, 0.1) is 31.4 Å². The Morgan fingerprint density at radius 3 is 1.00 bits per heavy atom. The van der Waals surface area contributed by atoms with Gasteiger partial charge in [0, 0.05) is 0 Å². The molecule has 0 saturated heterocycles. The fraction of sp³-hybridized carbons (Fsp3) is 0. The maximum atomic E-state index is 8.53. The van der Waals surface area contributed by atoms with Crippen molar-refractivity contribution in [1.29, 1.82) is 0 Å². The molecule has 0 bridgehead atoms. The van der Waals surface area contributed by atoms with Crippen LogP contribution in [-0.2, 0) is 4.62 Å². The normalized spacial score (nSPS) is 10.5. The van der Waals surface area contributed by atoms with Crippen molar-refractivity contribution in [2.75, 3.05) is 0 Å². The van der Waals surface area contributed by atoms with Crippen LogP contribution in [-0.4, -0.2) is 0 Å². The Kier molecular flexibility index (Phi) is 2.21. The third-order valence-corrected chi connectivity index (χ3v) is 0. The summed E-state index contributed by atoms with van der Waals surface area (Å²) in [5.41, 5.74) is 0. The molecule has 0 atom stereocenters. The van der Waals surface area contributed by atoms with E-state index < -0.39 is 31.4 Å². The maximum absolute atomic E-state index is 8.53. The molecule has 0 aromatic carbocycles. The van der Waals surface area contributed by atoms with E-state index in [-0.39, 0.29) is 0 Å². The van der Waals surface area contributed by atoms with Crippen molar-refractivity contribution in [1.82, 2.24) is 0 Å². The Balaban J connectivity index is 4.65. The molecule has 0 saturated carbocycles. The molecule has 0 aromatic rings. The summed E-state index contributed by atoms with van der Waals surface area (Å²) in [4.78, 5) is 0. The molecule has 0 unspecified atom stereocenters. The van der Waals surface area contributed by atoms with Gasteiger partial charge in [0.2, 0.25) is 0 Å². The quantitative estimate of drug-likeness (QED) is 0.563. The minimum absolute atomic E-state index is 3.69. The molecule has 0 amide bonds. The number of hydrogen-bond acceptors (Lipinski definition) is 3. The Morgan fingerprint density at radius 2 is 1.00 bits per heavy atom. The van der Waals surface area contributed by atoms with Crippen molar-refractivity contribution in [3.05, 3.63) is 0 Å². The van der Waals surface area contributed by atoms with E-state index in [4.69, 9.17) is 4.62 Å². The molecule has 0 aromatic heterocycles. The van der Waals surface area contributed by atoms with Gasteiger partial charge in [0.15, 0.2) is 0 Å². The van der Waals surface area contributed by atoms with Gasteiger partial charge in [-0.15, -0.1) is 0 Å². The second-order valence-electron chi connectivity index (χ2n) is 0.129. The first-order chi connectivity index (χ1) is 1.73. The molecule has 0 spiro atoms. The Bertz CT molecular complexity index is 72.7. The van der Waals surface area contributed by atoms with Crippen LogP contribution in [0.2, 0.25) is 0 Å². The summed E-state index contributed by atoms with van der Waals surface area (Å²) in [7, 11) is 0. The van der Waals surface area contributed by atoms with Gasteiger partial charge in [-0.1, -0.05) is 0 Å². The fourth-order valence-electron chi connectivity index (χ4n) is 0. The molecule has 4 heavy (non-hydrogen) atoms. The average molecular weight is 223 g/mol. The Morgan fingerprint density at radius 1 is 1.00 bits per heavy atom. The van der Waals surface area contributed by atoms with E-state index in [0.29, 0.717) is 0 Å². The molecule has 0 heterocycles. The molecule has 0 aliphatic carbocycles. The molecular formula is LuO3. The number of hydrogen-bond donors (Lipinski definition) is 0. The molecule has 0 fully saturated rings. The third kappa shape index (κ3) is 17.5. The molecule has 0 radical (unpaired) electrons. The van der Waals surface area contributed by atoms with E-state index in [1.165, 1.54) is 0 Å². The SMILES string of the molecule is [O]=[Lu](=[O])=[O]. The topological polar surface area (TPSA) is 51.2 Å². The van der Waals surface area contributed by atoms with Crippen LogP contribution in [0.25, 0.3) is 0 Å². The molecule has 0 aliphatic heterocycles. The molecule has 33 valence electrons. The van der Waals surface area contributed by atoms with E-state index in [9.17, 15) is 0 Å². The van der Waals surface area contributed by atoms with Crippen LogP contribution in [0.15, 0.2) is 0 Å². The van der Waals surface area contributed by atoms with Gasteiger partial charge in [-0.3, -0.25) is 0 Å². The first kappa shape index (κ1) is 4.63. The summed E-state index contributed by atoms with van der Waals surface area (Å²) in [5, 5.41) is 0. The van der Waals surface area contributed by atoms with Crippen LogP contribution in [0.4, 0.5) is 0 Å². The van der Waals surface area contributed by atoms with Gasteiger partial charge < -0.3 is 0 Å². The van der Waals surface area contributed by atoms with Crippen molar-refractivity contribution in [3.8, 4) is 0 Å². The minimum atomic E-state index is -3.69. The number of rotatable bonds is 0. The average Bonchev–Trinajstić information content (AvgIpc) is 0.811. The van der Waals surface area contributed by atoms with Gasteiger partial charge >= 0.3 is 36.0 Å². The summed E-state index contributed by atoms with van der Waals surface area (Å²) < 4.78 is 25.6. The van der Waals surface area contributed by atoms with E-state index in [1.807, 2.05) is 0 Å². The standard InChI is InChI=1S/Lu.3O. The van der Waals surface area contributed by atoms with Gasteiger partial charge in [-0.2, -0.15) is 0 Å². The molecular weight excluding hydrogens is 223 g/mol. The predicted molar refractivity (Wildman–Crippen MR) is 2.06 cm³/mol. The first-order valence-corrected chi connectivity index (χ1v) is 2.35. The first-order valence-electron chi connectivity index (χ1n) is 0.316. The van der Waals surface area contributed by atoms with Gasteiger partial charge in [0.05, 0.1) is 0 Å². The molecule has 0 aliphatic rings. The van der Waals surface area contributed by atoms with Gasteiger partial charge in [0.1, 0.15) is 0 Å². The van der Waals surface area contributed by atoms with Crippen molar-refractivity contribution in [2.24, 2.45) is 0 Å². The summed E-state index contributed by atoms with van der Waals surface area (Å²) >= 11 is -3.69. The summed E-state index contributed by atoms with van der Waals surface area (Å²) in [6.45, 7) is 0. The third-order valence-electron chi connectivity index (χ3n) is 0.